The van der Waals surface area contributed by atoms with E-state index in [-0.39, 0.29) is 18.6 Å². The molecule has 0 aliphatic carbocycles. The first-order valence-corrected chi connectivity index (χ1v) is 7.86. The topological polar surface area (TPSA) is 92.5 Å². The van der Waals surface area contributed by atoms with Crippen LogP contribution in [0.2, 0.25) is 0 Å². The number of rotatable bonds is 3. The van der Waals surface area contributed by atoms with Gasteiger partial charge in [0.2, 0.25) is 10.0 Å². The first kappa shape index (κ1) is 15.8. The van der Waals surface area contributed by atoms with Crippen LogP contribution in [0.15, 0.2) is 23.1 Å². The Morgan fingerprint density at radius 2 is 2.10 bits per heavy atom. The van der Waals surface area contributed by atoms with Crippen molar-refractivity contribution in [1.29, 1.82) is 0 Å². The van der Waals surface area contributed by atoms with E-state index < -0.39 is 31.3 Å². The van der Waals surface area contributed by atoms with Crippen LogP contribution < -0.4 is 5.32 Å². The maximum atomic E-state index is 13.9. The molecule has 116 valence electrons. The summed E-state index contributed by atoms with van der Waals surface area (Å²) in [4.78, 5) is 9.35. The summed E-state index contributed by atoms with van der Waals surface area (Å²) < 4.78 is 40.2. The summed E-state index contributed by atoms with van der Waals surface area (Å²) in [6.07, 6.45) is 0. The zero-order chi connectivity index (χ0) is 15.8. The largest absolute Gasteiger partial charge is 0.311 e. The Hall–Kier alpha value is -1.58. The summed E-state index contributed by atoms with van der Waals surface area (Å²) in [5.74, 6) is -0.987. The number of halogens is 1. The molecule has 7 nitrogen and oxygen atoms in total. The van der Waals surface area contributed by atoms with Gasteiger partial charge in [-0.15, -0.1) is 0 Å². The molecule has 2 atom stereocenters. The number of hydrogen-bond donors (Lipinski definition) is 1. The van der Waals surface area contributed by atoms with E-state index in [1.54, 1.807) is 6.92 Å². The molecule has 1 aliphatic heterocycles. The molecule has 0 aromatic heterocycles. The average molecular weight is 317 g/mol. The highest BCUT2D eigenvalue weighted by Gasteiger charge is 2.35. The maximum absolute atomic E-state index is 13.9. The Morgan fingerprint density at radius 3 is 2.71 bits per heavy atom. The second-order valence-corrected chi connectivity index (χ2v) is 6.96. The Bertz CT molecular complexity index is 664. The molecule has 1 aromatic carbocycles. The predicted molar refractivity (Wildman–Crippen MR) is 73.9 cm³/mol. The average Bonchev–Trinajstić information content (AvgIpc) is 2.41. The molecule has 21 heavy (non-hydrogen) atoms. The molecule has 1 aromatic rings. The smallest absolute Gasteiger partial charge is 0.270 e. The normalized spacial score (nSPS) is 24.0. The van der Waals surface area contributed by atoms with Crippen molar-refractivity contribution in [1.82, 2.24) is 9.62 Å². The summed E-state index contributed by atoms with van der Waals surface area (Å²) in [5, 5.41) is 13.9. The first-order valence-electron chi connectivity index (χ1n) is 6.42. The SMILES string of the molecule is CC1CN(S(=O)(=O)c2cc([N+](=O)[O-])ccc2F)C(C)CN1. The highest BCUT2D eigenvalue weighted by atomic mass is 32.2. The van der Waals surface area contributed by atoms with Crippen molar-refractivity contribution in [2.75, 3.05) is 13.1 Å². The van der Waals surface area contributed by atoms with E-state index in [0.29, 0.717) is 6.54 Å². The van der Waals surface area contributed by atoms with Gasteiger partial charge in [0.1, 0.15) is 10.7 Å². The Morgan fingerprint density at radius 1 is 1.43 bits per heavy atom. The molecule has 0 amide bonds. The number of nitrogens with zero attached hydrogens (tertiary/aromatic N) is 2. The van der Waals surface area contributed by atoms with Gasteiger partial charge in [-0.3, -0.25) is 10.1 Å². The molecule has 0 saturated carbocycles. The van der Waals surface area contributed by atoms with E-state index in [1.807, 2.05) is 6.92 Å². The number of nitrogens with one attached hydrogen (secondary N) is 1. The van der Waals surface area contributed by atoms with Crippen molar-refractivity contribution in [2.45, 2.75) is 30.8 Å². The molecule has 0 spiro atoms. The van der Waals surface area contributed by atoms with Crippen molar-refractivity contribution in [3.63, 3.8) is 0 Å². The molecule has 1 fully saturated rings. The molecule has 0 radical (unpaired) electrons. The molecular formula is C12H16FN3O4S. The second-order valence-electron chi connectivity index (χ2n) is 5.10. The summed E-state index contributed by atoms with van der Waals surface area (Å²) >= 11 is 0. The molecule has 1 N–H and O–H groups in total. The second kappa shape index (κ2) is 5.66. The van der Waals surface area contributed by atoms with Crippen LogP contribution in [-0.4, -0.2) is 42.8 Å². The summed E-state index contributed by atoms with van der Waals surface area (Å²) in [6.45, 7) is 4.15. The molecule has 0 bridgehead atoms. The number of nitro groups is 1. The van der Waals surface area contributed by atoms with Crippen LogP contribution in [0.3, 0.4) is 0 Å². The van der Waals surface area contributed by atoms with Crippen LogP contribution >= 0.6 is 0 Å². The van der Waals surface area contributed by atoms with Gasteiger partial charge in [-0.05, 0) is 19.9 Å². The van der Waals surface area contributed by atoms with Gasteiger partial charge < -0.3 is 5.32 Å². The summed E-state index contributed by atoms with van der Waals surface area (Å²) in [7, 11) is -4.12. The maximum Gasteiger partial charge on any atom is 0.270 e. The molecule has 1 saturated heterocycles. The highest BCUT2D eigenvalue weighted by Crippen LogP contribution is 2.26. The quantitative estimate of drug-likeness (QED) is 0.666. The lowest BCUT2D eigenvalue weighted by Gasteiger charge is -2.36. The van der Waals surface area contributed by atoms with Crippen molar-refractivity contribution in [3.8, 4) is 0 Å². The Balaban J connectivity index is 2.48. The van der Waals surface area contributed by atoms with Crippen molar-refractivity contribution in [2.24, 2.45) is 0 Å². The predicted octanol–water partition coefficient (Wildman–Crippen LogP) is 1.10. The summed E-state index contributed by atoms with van der Waals surface area (Å²) in [6, 6.07) is 2.09. The fourth-order valence-electron chi connectivity index (χ4n) is 2.25. The lowest BCUT2D eigenvalue weighted by Crippen LogP contribution is -2.56. The Kier molecular flexibility index (Phi) is 4.26. The molecule has 9 heteroatoms. The zero-order valence-electron chi connectivity index (χ0n) is 11.6. The van der Waals surface area contributed by atoms with Gasteiger partial charge >= 0.3 is 0 Å². The van der Waals surface area contributed by atoms with Gasteiger partial charge in [0.15, 0.2) is 0 Å². The van der Waals surface area contributed by atoms with Crippen LogP contribution in [0.25, 0.3) is 0 Å². The van der Waals surface area contributed by atoms with Gasteiger partial charge in [-0.25, -0.2) is 12.8 Å². The number of piperazine rings is 1. The minimum Gasteiger partial charge on any atom is -0.311 e. The highest BCUT2D eigenvalue weighted by molar-refractivity contribution is 7.89. The molecule has 2 rings (SSSR count). The standard InChI is InChI=1S/C12H16FN3O4S/c1-8-7-15(9(2)6-14-8)21(19,20)12-5-10(16(17)18)3-4-11(12)13/h3-5,8-9,14H,6-7H2,1-2H3. The van der Waals surface area contributed by atoms with Crippen LogP contribution in [0.4, 0.5) is 10.1 Å². The third kappa shape index (κ3) is 3.04. The fraction of sp³-hybridized carbons (Fsp3) is 0.500. The minimum absolute atomic E-state index is 0.0715. The number of sulfonamides is 1. The van der Waals surface area contributed by atoms with Crippen LogP contribution in [0.5, 0.6) is 0 Å². The van der Waals surface area contributed by atoms with Crippen LogP contribution in [-0.2, 0) is 10.0 Å². The van der Waals surface area contributed by atoms with E-state index in [4.69, 9.17) is 0 Å². The molecule has 1 heterocycles. The van der Waals surface area contributed by atoms with Crippen LogP contribution in [0.1, 0.15) is 13.8 Å². The summed E-state index contributed by atoms with van der Waals surface area (Å²) in [5.41, 5.74) is -0.453. The van der Waals surface area contributed by atoms with Crippen LogP contribution in [0, 0.1) is 15.9 Å². The number of nitro benzene ring substituents is 1. The Labute approximate surface area is 122 Å². The lowest BCUT2D eigenvalue weighted by molar-refractivity contribution is -0.385. The van der Waals surface area contributed by atoms with Crippen molar-refractivity contribution in [3.05, 3.63) is 34.1 Å². The number of hydrogen-bond acceptors (Lipinski definition) is 5. The van der Waals surface area contributed by atoms with Gasteiger partial charge in [0, 0.05) is 37.3 Å². The van der Waals surface area contributed by atoms with Gasteiger partial charge in [0.05, 0.1) is 4.92 Å². The number of benzene rings is 1. The third-order valence-electron chi connectivity index (χ3n) is 3.42. The monoisotopic (exact) mass is 317 g/mol. The molecule has 2 unspecified atom stereocenters. The number of non-ortho nitro benzene ring substituents is 1. The van der Waals surface area contributed by atoms with Gasteiger partial charge in [-0.1, -0.05) is 0 Å². The van der Waals surface area contributed by atoms with E-state index in [0.717, 1.165) is 18.2 Å². The fourth-order valence-corrected chi connectivity index (χ4v) is 4.06. The third-order valence-corrected chi connectivity index (χ3v) is 5.41. The van der Waals surface area contributed by atoms with E-state index >= 15 is 0 Å². The molecular weight excluding hydrogens is 301 g/mol. The lowest BCUT2D eigenvalue weighted by atomic mass is 10.2. The molecule has 1 aliphatic rings. The minimum atomic E-state index is -4.12. The van der Waals surface area contributed by atoms with Gasteiger partial charge in [0.25, 0.3) is 5.69 Å². The van der Waals surface area contributed by atoms with Gasteiger partial charge in [-0.2, -0.15) is 4.31 Å². The van der Waals surface area contributed by atoms with E-state index in [2.05, 4.69) is 5.32 Å². The van der Waals surface area contributed by atoms with E-state index in [1.165, 1.54) is 4.31 Å². The van der Waals surface area contributed by atoms with Crippen molar-refractivity contribution < 1.29 is 17.7 Å². The zero-order valence-corrected chi connectivity index (χ0v) is 12.4. The van der Waals surface area contributed by atoms with Crippen molar-refractivity contribution >= 4 is 15.7 Å². The first-order chi connectivity index (χ1) is 9.73. The van der Waals surface area contributed by atoms with E-state index in [9.17, 15) is 22.9 Å².